The number of amides is 10. The molecule has 2 aromatic carbocycles. The second-order valence-electron chi connectivity index (χ2n) is 9.69. The van der Waals surface area contributed by atoms with Crippen LogP contribution in [-0.2, 0) is 39.6 Å². The fourth-order valence-electron chi connectivity index (χ4n) is 5.33. The van der Waals surface area contributed by atoms with Crippen molar-refractivity contribution >= 4 is 47.5 Å². The fraction of sp³-hybridized carbons (Fsp3) is 0.310. The van der Waals surface area contributed by atoms with Gasteiger partial charge in [0.25, 0.3) is 11.8 Å². The molecule has 10 amide bonds. The molecule has 0 aromatic heterocycles. The highest BCUT2D eigenvalue weighted by Crippen LogP contribution is 2.35. The second kappa shape index (κ2) is 11.2. The summed E-state index contributed by atoms with van der Waals surface area (Å²) in [6, 6.07) is 13.7. The van der Waals surface area contributed by atoms with Crippen LogP contribution in [0.15, 0.2) is 60.7 Å². The zero-order chi connectivity index (χ0) is 29.9. The lowest BCUT2D eigenvalue weighted by Crippen LogP contribution is -2.67. The maximum Gasteiger partial charge on any atom is 0.337 e. The number of rotatable bonds is 8. The first-order valence-electron chi connectivity index (χ1n) is 13.1. The average molecular weight is 561 g/mol. The van der Waals surface area contributed by atoms with Gasteiger partial charge in [0.15, 0.2) is 10.8 Å². The number of hydrogen-bond acceptors (Lipinski definition) is 8. The molecular formula is C29H28N4O8. The molecule has 0 bridgehead atoms. The van der Waals surface area contributed by atoms with Gasteiger partial charge in [-0.05, 0) is 30.4 Å². The number of carbonyl (C=O) groups is 8. The Kier molecular flexibility index (Phi) is 7.95. The molecule has 2 aliphatic heterocycles. The van der Waals surface area contributed by atoms with Crippen molar-refractivity contribution in [2.75, 3.05) is 0 Å². The van der Waals surface area contributed by atoms with Crippen LogP contribution < -0.4 is 10.6 Å². The molecule has 0 radical (unpaired) electrons. The number of benzene rings is 2. The van der Waals surface area contributed by atoms with Crippen LogP contribution in [0.2, 0.25) is 0 Å². The summed E-state index contributed by atoms with van der Waals surface area (Å²) in [6.45, 7) is 3.16. The van der Waals surface area contributed by atoms with E-state index in [9.17, 15) is 38.4 Å². The van der Waals surface area contributed by atoms with Gasteiger partial charge < -0.3 is 0 Å². The number of urea groups is 2. The van der Waals surface area contributed by atoms with E-state index in [0.717, 1.165) is 0 Å². The van der Waals surface area contributed by atoms with Crippen molar-refractivity contribution in [3.05, 3.63) is 71.8 Å². The Balaban J connectivity index is 1.49. The van der Waals surface area contributed by atoms with Gasteiger partial charge in [-0.3, -0.25) is 39.4 Å². The van der Waals surface area contributed by atoms with Crippen molar-refractivity contribution < 1.29 is 38.4 Å². The third-order valence-corrected chi connectivity index (χ3v) is 7.63. The third kappa shape index (κ3) is 4.60. The summed E-state index contributed by atoms with van der Waals surface area (Å²) >= 11 is 0. The molecule has 4 rings (SSSR count). The number of hydrogen-bond donors (Lipinski definition) is 2. The average Bonchev–Trinajstić information content (AvgIpc) is 2.95. The molecule has 12 heteroatoms. The minimum absolute atomic E-state index is 0.0251. The molecule has 12 nitrogen and oxygen atoms in total. The molecule has 0 spiro atoms. The highest BCUT2D eigenvalue weighted by molar-refractivity contribution is 6.29. The Labute approximate surface area is 235 Å². The van der Waals surface area contributed by atoms with Gasteiger partial charge in [-0.2, -0.15) is 9.80 Å². The Morgan fingerprint density at radius 1 is 0.610 bits per heavy atom. The van der Waals surface area contributed by atoms with E-state index in [-0.39, 0.29) is 19.3 Å². The molecule has 2 atom stereocenters. The van der Waals surface area contributed by atoms with Crippen LogP contribution in [-0.4, -0.2) is 57.3 Å². The van der Waals surface area contributed by atoms with Crippen molar-refractivity contribution in [2.45, 2.75) is 56.8 Å². The number of carbonyl (C=O) groups excluding carboxylic acids is 8. The lowest BCUT2D eigenvalue weighted by Gasteiger charge is -2.38. The number of barbiturate groups is 2. The number of nitrogens with zero attached hydrogens (tertiary/aromatic N) is 2. The molecule has 2 N–H and O–H groups in total. The van der Waals surface area contributed by atoms with Gasteiger partial charge in [-0.1, -0.05) is 74.5 Å². The van der Waals surface area contributed by atoms with Gasteiger partial charge >= 0.3 is 12.1 Å². The van der Waals surface area contributed by atoms with Crippen LogP contribution in [0.4, 0.5) is 9.59 Å². The van der Waals surface area contributed by atoms with E-state index in [1.807, 2.05) is 0 Å². The van der Waals surface area contributed by atoms with E-state index < -0.39 is 71.2 Å². The molecule has 2 fully saturated rings. The van der Waals surface area contributed by atoms with Gasteiger partial charge in [0, 0.05) is 12.8 Å². The lowest BCUT2D eigenvalue weighted by molar-refractivity contribution is -0.153. The summed E-state index contributed by atoms with van der Waals surface area (Å²) in [4.78, 5) is 104. The van der Waals surface area contributed by atoms with E-state index in [2.05, 4.69) is 10.6 Å². The van der Waals surface area contributed by atoms with Gasteiger partial charge in [-0.25, -0.2) is 9.59 Å². The first kappa shape index (κ1) is 29.0. The van der Waals surface area contributed by atoms with Crippen LogP contribution >= 0.6 is 0 Å². The summed E-state index contributed by atoms with van der Waals surface area (Å²) in [5.41, 5.74) is -2.97. The molecule has 2 aromatic rings. The van der Waals surface area contributed by atoms with Crippen LogP contribution in [0.1, 0.15) is 57.1 Å². The van der Waals surface area contributed by atoms with E-state index >= 15 is 0 Å². The molecule has 0 aliphatic carbocycles. The summed E-state index contributed by atoms with van der Waals surface area (Å²) in [5, 5.41) is 4.16. The molecule has 41 heavy (non-hydrogen) atoms. The van der Waals surface area contributed by atoms with Gasteiger partial charge in [0.1, 0.15) is 0 Å². The van der Waals surface area contributed by atoms with E-state index in [4.69, 9.17) is 0 Å². The zero-order valence-electron chi connectivity index (χ0n) is 22.5. The smallest absolute Gasteiger partial charge is 0.276 e. The Hall–Kier alpha value is -5.00. The Morgan fingerprint density at radius 2 is 0.951 bits per heavy atom. The van der Waals surface area contributed by atoms with Crippen LogP contribution in [0.5, 0.6) is 0 Å². The molecule has 2 heterocycles. The molecular weight excluding hydrogens is 532 g/mol. The maximum absolute atomic E-state index is 13.5. The molecule has 2 aliphatic rings. The predicted molar refractivity (Wildman–Crippen MR) is 141 cm³/mol. The zero-order valence-corrected chi connectivity index (χ0v) is 22.5. The first-order chi connectivity index (χ1) is 19.6. The lowest BCUT2D eigenvalue weighted by atomic mass is 9.74. The Morgan fingerprint density at radius 3 is 1.27 bits per heavy atom. The summed E-state index contributed by atoms with van der Waals surface area (Å²) in [5.74, 6) is -5.62. The minimum Gasteiger partial charge on any atom is -0.276 e. The van der Waals surface area contributed by atoms with Crippen molar-refractivity contribution in [2.24, 2.45) is 0 Å². The van der Waals surface area contributed by atoms with Crippen molar-refractivity contribution in [1.29, 1.82) is 0 Å². The van der Waals surface area contributed by atoms with Crippen LogP contribution in [0.3, 0.4) is 0 Å². The van der Waals surface area contributed by atoms with Gasteiger partial charge in [-0.15, -0.1) is 0 Å². The van der Waals surface area contributed by atoms with E-state index in [1.165, 1.54) is 0 Å². The summed E-state index contributed by atoms with van der Waals surface area (Å²) < 4.78 is 0. The van der Waals surface area contributed by atoms with Gasteiger partial charge in [0.2, 0.25) is 23.6 Å². The van der Waals surface area contributed by atoms with Crippen LogP contribution in [0, 0.1) is 0 Å². The fourth-order valence-corrected chi connectivity index (χ4v) is 5.33. The summed E-state index contributed by atoms with van der Waals surface area (Å²) in [6.07, 6.45) is -1.24. The molecule has 212 valence electrons. The first-order valence-corrected chi connectivity index (χ1v) is 13.1. The highest BCUT2D eigenvalue weighted by Gasteiger charge is 2.57. The Bertz CT molecular complexity index is 1350. The maximum atomic E-state index is 13.5. The SMILES string of the molecule is CCC1(c2ccccc2)C(=O)NC(=O)N(C(=O)CCCC(=O)N2C(=O)NC(=O)C(CC)(c3ccccc3)C2=O)C1=O. The van der Waals surface area contributed by atoms with E-state index in [1.54, 1.807) is 74.5 Å². The predicted octanol–water partition coefficient (Wildman–Crippen LogP) is 2.06. The highest BCUT2D eigenvalue weighted by atomic mass is 16.2. The quantitative estimate of drug-likeness (QED) is 0.463. The topological polar surface area (TPSA) is 167 Å². The largest absolute Gasteiger partial charge is 0.337 e. The normalized spacial score (nSPS) is 22.9. The number of imide groups is 8. The second-order valence-corrected chi connectivity index (χ2v) is 9.69. The van der Waals surface area contributed by atoms with Crippen molar-refractivity contribution in [3.63, 3.8) is 0 Å². The monoisotopic (exact) mass is 560 g/mol. The van der Waals surface area contributed by atoms with E-state index in [0.29, 0.717) is 20.9 Å². The number of nitrogens with one attached hydrogen (secondary N) is 2. The standard InChI is InChI=1S/C29H28N4O8/c1-3-28(18-12-7-5-8-13-18)22(36)30-26(40)32(24(28)38)20(34)16-11-17-21(35)33-25(39)29(4-2,23(37)31-27(33)41)19-14-9-6-10-15-19/h5-10,12-15H,3-4,11,16-17H2,1-2H3,(H,30,36,40)(H,31,37,41). The van der Waals surface area contributed by atoms with Gasteiger partial charge in [0.05, 0.1) is 0 Å². The molecule has 2 saturated heterocycles. The van der Waals surface area contributed by atoms with Crippen LogP contribution in [0.25, 0.3) is 0 Å². The van der Waals surface area contributed by atoms with Crippen molar-refractivity contribution in [3.8, 4) is 0 Å². The summed E-state index contributed by atoms with van der Waals surface area (Å²) in [7, 11) is 0. The molecule has 0 saturated carbocycles. The minimum atomic E-state index is -1.80. The third-order valence-electron chi connectivity index (χ3n) is 7.63. The van der Waals surface area contributed by atoms with Crippen molar-refractivity contribution in [1.82, 2.24) is 20.4 Å². The molecule has 2 unspecified atom stereocenters.